The first-order valence-corrected chi connectivity index (χ1v) is 6.08. The van der Waals surface area contributed by atoms with Gasteiger partial charge in [-0.05, 0) is 18.6 Å². The van der Waals surface area contributed by atoms with Gasteiger partial charge in [-0.15, -0.1) is 0 Å². The summed E-state index contributed by atoms with van der Waals surface area (Å²) in [7, 11) is 1.65. The van der Waals surface area contributed by atoms with Crippen LogP contribution in [0.25, 0.3) is 0 Å². The highest BCUT2D eigenvalue weighted by Gasteiger charge is 2.33. The number of nitrogens with one attached hydrogen (secondary N) is 1. The lowest BCUT2D eigenvalue weighted by Crippen LogP contribution is -2.45. The summed E-state index contributed by atoms with van der Waals surface area (Å²) in [6.45, 7) is 6.70. The van der Waals surface area contributed by atoms with Crippen molar-refractivity contribution in [1.29, 1.82) is 0 Å². The number of aryl methyl sites for hydroxylation is 1. The van der Waals surface area contributed by atoms with Crippen LogP contribution in [0.2, 0.25) is 5.02 Å². The van der Waals surface area contributed by atoms with Crippen LogP contribution in [0.5, 0.6) is 5.75 Å². The molecule has 0 unspecified atom stereocenters. The van der Waals surface area contributed by atoms with Gasteiger partial charge in [0.2, 0.25) is 0 Å². The second-order valence-electron chi connectivity index (χ2n) is 4.96. The van der Waals surface area contributed by atoms with Gasteiger partial charge in [0.1, 0.15) is 5.75 Å². The number of halogens is 1. The minimum absolute atomic E-state index is 0.235. The van der Waals surface area contributed by atoms with E-state index in [-0.39, 0.29) is 5.41 Å². The van der Waals surface area contributed by atoms with E-state index >= 15 is 0 Å². The minimum atomic E-state index is 0.235. The molecular weight excluding hydrogens is 238 g/mol. The number of anilines is 1. The van der Waals surface area contributed by atoms with E-state index < -0.39 is 0 Å². The molecule has 3 nitrogen and oxygen atoms in total. The SMILES string of the molecule is COc1cc(Cl)c(C)cc1NCC1(C)COC1. The van der Waals surface area contributed by atoms with Gasteiger partial charge in [-0.1, -0.05) is 18.5 Å². The van der Waals surface area contributed by atoms with Crippen molar-refractivity contribution in [3.63, 3.8) is 0 Å². The van der Waals surface area contributed by atoms with Crippen molar-refractivity contribution in [3.05, 3.63) is 22.7 Å². The summed E-state index contributed by atoms with van der Waals surface area (Å²) in [5.74, 6) is 0.782. The van der Waals surface area contributed by atoms with Gasteiger partial charge in [-0.3, -0.25) is 0 Å². The van der Waals surface area contributed by atoms with E-state index in [2.05, 4.69) is 12.2 Å². The van der Waals surface area contributed by atoms with Crippen LogP contribution < -0.4 is 10.1 Å². The zero-order valence-electron chi connectivity index (χ0n) is 10.5. The van der Waals surface area contributed by atoms with Crippen LogP contribution in [0.15, 0.2) is 12.1 Å². The fourth-order valence-electron chi connectivity index (χ4n) is 1.83. The maximum atomic E-state index is 6.07. The first-order valence-electron chi connectivity index (χ1n) is 5.70. The predicted octanol–water partition coefficient (Wildman–Crippen LogP) is 3.11. The molecule has 1 aromatic carbocycles. The number of ether oxygens (including phenoxy) is 2. The molecule has 0 atom stereocenters. The Balaban J connectivity index is 2.11. The minimum Gasteiger partial charge on any atom is -0.495 e. The van der Waals surface area contributed by atoms with Crippen molar-refractivity contribution in [2.24, 2.45) is 5.41 Å². The summed E-state index contributed by atoms with van der Waals surface area (Å²) in [5, 5.41) is 4.14. The average Bonchev–Trinajstić information content (AvgIpc) is 2.27. The molecule has 1 saturated heterocycles. The van der Waals surface area contributed by atoms with Gasteiger partial charge in [0.15, 0.2) is 0 Å². The molecule has 17 heavy (non-hydrogen) atoms. The van der Waals surface area contributed by atoms with Crippen molar-refractivity contribution in [1.82, 2.24) is 0 Å². The normalized spacial score (nSPS) is 17.4. The third-order valence-corrected chi connectivity index (χ3v) is 3.49. The largest absolute Gasteiger partial charge is 0.495 e. The first-order chi connectivity index (χ1) is 8.04. The molecular formula is C13H18ClNO2. The monoisotopic (exact) mass is 255 g/mol. The van der Waals surface area contributed by atoms with Gasteiger partial charge in [-0.2, -0.15) is 0 Å². The van der Waals surface area contributed by atoms with Crippen molar-refractivity contribution < 1.29 is 9.47 Å². The van der Waals surface area contributed by atoms with Crippen molar-refractivity contribution >= 4 is 17.3 Å². The summed E-state index contributed by atoms with van der Waals surface area (Å²) >= 11 is 6.07. The zero-order valence-corrected chi connectivity index (χ0v) is 11.2. The van der Waals surface area contributed by atoms with Crippen LogP contribution in [-0.4, -0.2) is 26.9 Å². The molecule has 4 heteroatoms. The average molecular weight is 256 g/mol. The van der Waals surface area contributed by atoms with Crippen molar-refractivity contribution in [3.8, 4) is 5.75 Å². The standard InChI is InChI=1S/C13H18ClNO2/c1-9-4-11(12(16-3)5-10(9)14)15-6-13(2)7-17-8-13/h4-5,15H,6-8H2,1-3H3. The maximum absolute atomic E-state index is 6.07. The van der Waals surface area contributed by atoms with Gasteiger partial charge >= 0.3 is 0 Å². The fraction of sp³-hybridized carbons (Fsp3) is 0.538. The van der Waals surface area contributed by atoms with Gasteiger partial charge < -0.3 is 14.8 Å². The number of methoxy groups -OCH3 is 1. The highest BCUT2D eigenvalue weighted by molar-refractivity contribution is 6.31. The number of hydrogen-bond donors (Lipinski definition) is 1. The van der Waals surface area contributed by atoms with E-state index in [0.29, 0.717) is 0 Å². The molecule has 0 radical (unpaired) electrons. The van der Waals surface area contributed by atoms with Crippen molar-refractivity contribution in [2.75, 3.05) is 32.2 Å². The highest BCUT2D eigenvalue weighted by Crippen LogP contribution is 2.33. The van der Waals surface area contributed by atoms with E-state index in [4.69, 9.17) is 21.1 Å². The number of benzene rings is 1. The Bertz CT molecular complexity index is 416. The van der Waals surface area contributed by atoms with Crippen LogP contribution in [0.3, 0.4) is 0 Å². The first kappa shape index (κ1) is 12.5. The third kappa shape index (κ3) is 2.67. The van der Waals surface area contributed by atoms with E-state index in [1.54, 1.807) is 7.11 Å². The van der Waals surface area contributed by atoms with Crippen LogP contribution in [-0.2, 0) is 4.74 Å². The highest BCUT2D eigenvalue weighted by atomic mass is 35.5. The summed E-state index contributed by atoms with van der Waals surface area (Å²) in [4.78, 5) is 0. The smallest absolute Gasteiger partial charge is 0.143 e. The number of hydrogen-bond acceptors (Lipinski definition) is 3. The second kappa shape index (κ2) is 4.75. The molecule has 1 heterocycles. The molecule has 1 aliphatic heterocycles. The van der Waals surface area contributed by atoms with E-state index in [1.165, 1.54) is 0 Å². The predicted molar refractivity (Wildman–Crippen MR) is 70.2 cm³/mol. The molecule has 2 rings (SSSR count). The Morgan fingerprint density at radius 3 is 2.71 bits per heavy atom. The molecule has 0 amide bonds. The molecule has 0 bridgehead atoms. The molecule has 1 fully saturated rings. The van der Waals surface area contributed by atoms with Gasteiger partial charge in [0, 0.05) is 23.0 Å². The Morgan fingerprint density at radius 2 is 2.18 bits per heavy atom. The second-order valence-corrected chi connectivity index (χ2v) is 5.37. The number of rotatable bonds is 4. The summed E-state index contributed by atoms with van der Waals surface area (Å²) in [5.41, 5.74) is 2.27. The van der Waals surface area contributed by atoms with E-state index in [0.717, 1.165) is 41.8 Å². The summed E-state index contributed by atoms with van der Waals surface area (Å²) < 4.78 is 10.6. The molecule has 94 valence electrons. The van der Waals surface area contributed by atoms with Gasteiger partial charge in [0.05, 0.1) is 26.0 Å². The lowest BCUT2D eigenvalue weighted by molar-refractivity contribution is -0.0924. The molecule has 0 saturated carbocycles. The topological polar surface area (TPSA) is 30.5 Å². The lowest BCUT2D eigenvalue weighted by atomic mass is 9.88. The summed E-state index contributed by atoms with van der Waals surface area (Å²) in [6, 6.07) is 3.86. The van der Waals surface area contributed by atoms with Crippen LogP contribution in [0, 0.1) is 12.3 Å². The van der Waals surface area contributed by atoms with E-state index in [1.807, 2.05) is 19.1 Å². The van der Waals surface area contributed by atoms with Gasteiger partial charge in [-0.25, -0.2) is 0 Å². The zero-order chi connectivity index (χ0) is 12.5. The Hall–Kier alpha value is -0.930. The molecule has 0 spiro atoms. The lowest BCUT2D eigenvalue weighted by Gasteiger charge is -2.38. The molecule has 1 aromatic rings. The molecule has 1 N–H and O–H groups in total. The quantitative estimate of drug-likeness (QED) is 0.897. The van der Waals surface area contributed by atoms with Crippen molar-refractivity contribution in [2.45, 2.75) is 13.8 Å². The van der Waals surface area contributed by atoms with Crippen LogP contribution >= 0.6 is 11.6 Å². The van der Waals surface area contributed by atoms with E-state index in [9.17, 15) is 0 Å². The maximum Gasteiger partial charge on any atom is 0.143 e. The summed E-state index contributed by atoms with van der Waals surface area (Å²) in [6.07, 6.45) is 0. The Kier molecular flexibility index (Phi) is 3.50. The molecule has 0 aromatic heterocycles. The third-order valence-electron chi connectivity index (χ3n) is 3.09. The Morgan fingerprint density at radius 1 is 1.47 bits per heavy atom. The molecule has 1 aliphatic rings. The van der Waals surface area contributed by atoms with Gasteiger partial charge in [0.25, 0.3) is 0 Å². The Labute approximate surface area is 107 Å². The van der Waals surface area contributed by atoms with Crippen LogP contribution in [0.4, 0.5) is 5.69 Å². The molecule has 0 aliphatic carbocycles. The van der Waals surface area contributed by atoms with Crippen LogP contribution in [0.1, 0.15) is 12.5 Å². The fourth-order valence-corrected chi connectivity index (χ4v) is 1.99.